The molecular formula is C11H15N3O2+. The monoisotopic (exact) mass is 221 g/mol. The van der Waals surface area contributed by atoms with Crippen LogP contribution in [0.1, 0.15) is 13.8 Å². The van der Waals surface area contributed by atoms with Gasteiger partial charge in [-0.25, -0.2) is 0 Å². The normalized spacial score (nSPS) is 12.2. The Balaban J connectivity index is 2.92. The predicted molar refractivity (Wildman–Crippen MR) is 62.2 cm³/mol. The van der Waals surface area contributed by atoms with Crippen LogP contribution >= 0.6 is 0 Å². The molecule has 0 saturated heterocycles. The number of hydrogen-bond acceptors (Lipinski definition) is 4. The standard InChI is InChI=1S/C11H15N3O2/c1-8(2)10(12)11(15)14(13-16)9-6-4-3-5-7-9/h3-8,10H,12H2,1-2H3/q+1/t10-/m0/s1. The van der Waals surface area contributed by atoms with Crippen molar-refractivity contribution in [3.63, 3.8) is 0 Å². The molecule has 0 saturated carbocycles. The first-order valence-corrected chi connectivity index (χ1v) is 5.05. The fourth-order valence-corrected chi connectivity index (χ4v) is 1.21. The predicted octanol–water partition coefficient (Wildman–Crippen LogP) is 1.02. The molecule has 0 aromatic heterocycles. The number of amides is 1. The average Bonchev–Trinajstić information content (AvgIpc) is 2.30. The maximum absolute atomic E-state index is 11.8. The first-order valence-electron chi connectivity index (χ1n) is 5.05. The Morgan fingerprint density at radius 3 is 2.31 bits per heavy atom. The minimum absolute atomic E-state index is 0.0412. The highest BCUT2D eigenvalue weighted by atomic mass is 16.3. The third kappa shape index (κ3) is 2.64. The van der Waals surface area contributed by atoms with E-state index < -0.39 is 11.9 Å². The first kappa shape index (κ1) is 12.3. The molecule has 1 amide bonds. The van der Waals surface area contributed by atoms with E-state index in [0.29, 0.717) is 5.69 Å². The summed E-state index contributed by atoms with van der Waals surface area (Å²) in [5.74, 6) is -0.531. The number of nitroso groups, excluding NO2 is 1. The zero-order valence-electron chi connectivity index (χ0n) is 9.33. The fourth-order valence-electron chi connectivity index (χ4n) is 1.21. The van der Waals surface area contributed by atoms with Crippen molar-refractivity contribution < 1.29 is 4.79 Å². The van der Waals surface area contributed by atoms with Crippen LogP contribution in [0.4, 0.5) is 5.69 Å². The van der Waals surface area contributed by atoms with Crippen LogP contribution in [0.15, 0.2) is 30.3 Å². The van der Waals surface area contributed by atoms with Gasteiger partial charge in [0, 0.05) is 5.01 Å². The average molecular weight is 221 g/mol. The Kier molecular flexibility index (Phi) is 4.13. The molecule has 0 heterocycles. The fraction of sp³-hybridized carbons (Fsp3) is 0.364. The van der Waals surface area contributed by atoms with Crippen LogP contribution in [0.2, 0.25) is 0 Å². The molecular weight excluding hydrogens is 206 g/mol. The molecule has 1 rings (SSSR count). The molecule has 1 atom stereocenters. The lowest BCUT2D eigenvalue weighted by atomic mass is 10.0. The molecule has 1 aromatic carbocycles. The van der Waals surface area contributed by atoms with Crippen molar-refractivity contribution in [2.24, 2.45) is 11.7 Å². The van der Waals surface area contributed by atoms with Crippen molar-refractivity contribution in [1.82, 2.24) is 5.29 Å². The van der Waals surface area contributed by atoms with Gasteiger partial charge in [0.05, 0.1) is 6.04 Å². The van der Waals surface area contributed by atoms with E-state index in [1.54, 1.807) is 30.3 Å². The van der Waals surface area contributed by atoms with Gasteiger partial charge >= 0.3 is 11.2 Å². The zero-order chi connectivity index (χ0) is 12.1. The molecule has 16 heavy (non-hydrogen) atoms. The van der Waals surface area contributed by atoms with E-state index in [1.807, 2.05) is 13.8 Å². The topological polar surface area (TPSA) is 77.5 Å². The number of benzene rings is 1. The van der Waals surface area contributed by atoms with Gasteiger partial charge in [-0.1, -0.05) is 32.0 Å². The summed E-state index contributed by atoms with van der Waals surface area (Å²) in [7, 11) is 0. The maximum atomic E-state index is 11.8. The third-order valence-corrected chi connectivity index (χ3v) is 2.29. The number of rotatable bonds is 4. The van der Waals surface area contributed by atoms with Gasteiger partial charge in [-0.15, -0.1) is 0 Å². The number of hydrogen-bond donors (Lipinski definition) is 1. The van der Waals surface area contributed by atoms with Gasteiger partial charge in [0.1, 0.15) is 10.6 Å². The molecule has 0 unspecified atom stereocenters. The van der Waals surface area contributed by atoms with Gasteiger partial charge in [-0.2, -0.15) is 0 Å². The SMILES string of the molecule is CC(C)[C@H](N)C(=O)N([N+]=O)c1ccccc1. The van der Waals surface area contributed by atoms with Crippen LogP contribution < -0.4 is 16.0 Å². The highest BCUT2D eigenvalue weighted by Crippen LogP contribution is 2.13. The van der Waals surface area contributed by atoms with Crippen molar-refractivity contribution >= 4 is 11.6 Å². The molecule has 1 aromatic rings. The second-order valence-corrected chi connectivity index (χ2v) is 3.84. The summed E-state index contributed by atoms with van der Waals surface area (Å²) in [4.78, 5) is 22.5. The molecule has 0 spiro atoms. The van der Waals surface area contributed by atoms with E-state index in [4.69, 9.17) is 5.73 Å². The van der Waals surface area contributed by atoms with E-state index in [9.17, 15) is 9.70 Å². The lowest BCUT2D eigenvalue weighted by molar-refractivity contribution is -0.121. The number of nitrogens with zero attached hydrogens (tertiary/aromatic N) is 2. The number of carbonyl (C=O) groups is 1. The number of para-hydroxylation sites is 1. The molecule has 1 radical (unpaired) electrons. The van der Waals surface area contributed by atoms with Crippen LogP contribution in [0.3, 0.4) is 0 Å². The molecule has 0 aliphatic heterocycles. The minimum atomic E-state index is -0.724. The van der Waals surface area contributed by atoms with Gasteiger partial charge in [0.25, 0.3) is 0 Å². The molecule has 5 heteroatoms. The van der Waals surface area contributed by atoms with Crippen molar-refractivity contribution in [2.75, 3.05) is 5.01 Å². The lowest BCUT2D eigenvalue weighted by Crippen LogP contribution is -2.47. The highest BCUT2D eigenvalue weighted by molar-refractivity contribution is 5.96. The molecule has 85 valence electrons. The number of carbonyl (C=O) groups excluding carboxylic acids is 1. The van der Waals surface area contributed by atoms with Gasteiger partial charge in [-0.05, 0) is 18.1 Å². The summed E-state index contributed by atoms with van der Waals surface area (Å²) < 4.78 is 0. The zero-order valence-corrected chi connectivity index (χ0v) is 9.33. The molecule has 2 N–H and O–H groups in total. The minimum Gasteiger partial charge on any atom is -0.319 e. The van der Waals surface area contributed by atoms with Crippen LogP contribution in [0.5, 0.6) is 0 Å². The summed E-state index contributed by atoms with van der Waals surface area (Å²) in [6, 6.07) is 7.78. The Morgan fingerprint density at radius 1 is 1.31 bits per heavy atom. The quantitative estimate of drug-likeness (QED) is 0.771. The lowest BCUT2D eigenvalue weighted by Gasteiger charge is -2.13. The maximum Gasteiger partial charge on any atom is 0.494 e. The van der Waals surface area contributed by atoms with Crippen LogP contribution in [0, 0.1) is 10.8 Å². The van der Waals surface area contributed by atoms with E-state index in [2.05, 4.69) is 5.29 Å². The number of anilines is 1. The molecule has 0 aliphatic rings. The summed E-state index contributed by atoms with van der Waals surface area (Å²) in [5, 5.41) is 3.51. The van der Waals surface area contributed by atoms with Crippen LogP contribution in [-0.4, -0.2) is 11.9 Å². The molecule has 0 fully saturated rings. The Hall–Kier alpha value is -1.75. The third-order valence-electron chi connectivity index (χ3n) is 2.29. The van der Waals surface area contributed by atoms with Gasteiger partial charge in [0.2, 0.25) is 0 Å². The molecule has 5 nitrogen and oxygen atoms in total. The van der Waals surface area contributed by atoms with Gasteiger partial charge < -0.3 is 5.73 Å². The Labute approximate surface area is 94.2 Å². The van der Waals surface area contributed by atoms with Crippen molar-refractivity contribution in [2.45, 2.75) is 19.9 Å². The van der Waals surface area contributed by atoms with E-state index in [1.165, 1.54) is 0 Å². The summed E-state index contributed by atoms with van der Waals surface area (Å²) in [6.07, 6.45) is 0. The largest absolute Gasteiger partial charge is 0.494 e. The van der Waals surface area contributed by atoms with Crippen LogP contribution in [-0.2, 0) is 4.79 Å². The van der Waals surface area contributed by atoms with Gasteiger partial charge in [-0.3, -0.25) is 4.79 Å². The smallest absolute Gasteiger partial charge is 0.319 e. The Bertz CT molecular complexity index is 365. The first-order chi connectivity index (χ1) is 7.57. The number of nitrogens with two attached hydrogens (primary N) is 1. The summed E-state index contributed by atoms with van der Waals surface area (Å²) in [5.41, 5.74) is 6.11. The second kappa shape index (κ2) is 5.37. The summed E-state index contributed by atoms with van der Waals surface area (Å²) >= 11 is 0. The molecule has 0 bridgehead atoms. The molecule has 0 aliphatic carbocycles. The van der Waals surface area contributed by atoms with Crippen molar-refractivity contribution in [3.8, 4) is 0 Å². The van der Waals surface area contributed by atoms with Crippen LogP contribution in [0.25, 0.3) is 0 Å². The highest BCUT2D eigenvalue weighted by Gasteiger charge is 2.33. The second-order valence-electron chi connectivity index (χ2n) is 3.84. The Morgan fingerprint density at radius 2 is 1.88 bits per heavy atom. The van der Waals surface area contributed by atoms with E-state index >= 15 is 0 Å². The van der Waals surface area contributed by atoms with Crippen molar-refractivity contribution in [3.05, 3.63) is 35.2 Å². The van der Waals surface area contributed by atoms with E-state index in [-0.39, 0.29) is 5.92 Å². The van der Waals surface area contributed by atoms with E-state index in [0.717, 1.165) is 5.01 Å². The summed E-state index contributed by atoms with van der Waals surface area (Å²) in [6.45, 7) is 3.63. The van der Waals surface area contributed by atoms with Crippen molar-refractivity contribution in [1.29, 1.82) is 0 Å². The van der Waals surface area contributed by atoms with Gasteiger partial charge in [0.15, 0.2) is 0 Å².